The molecule has 0 saturated carbocycles. The summed E-state index contributed by atoms with van der Waals surface area (Å²) in [6.45, 7) is 6.29. The Balaban J connectivity index is 2.74. The van der Waals surface area contributed by atoms with Crippen LogP contribution in [0.25, 0.3) is 0 Å². The summed E-state index contributed by atoms with van der Waals surface area (Å²) in [7, 11) is 3.08. The van der Waals surface area contributed by atoms with E-state index in [1.54, 1.807) is 27.9 Å². The van der Waals surface area contributed by atoms with Crippen molar-refractivity contribution in [3.8, 4) is 5.75 Å². The molecule has 8 heteroatoms. The van der Waals surface area contributed by atoms with Gasteiger partial charge in [-0.25, -0.2) is 4.79 Å². The highest BCUT2D eigenvalue weighted by Crippen LogP contribution is 2.14. The minimum Gasteiger partial charge on any atom is -0.491 e. The van der Waals surface area contributed by atoms with Crippen molar-refractivity contribution in [2.45, 2.75) is 38.8 Å². The van der Waals surface area contributed by atoms with Crippen molar-refractivity contribution in [1.82, 2.24) is 10.6 Å². The number of nitrogens with one attached hydrogen (secondary N) is 2. The number of benzene rings is 1. The number of hydrogen-bond acceptors (Lipinski definition) is 6. The first-order valence-electron chi connectivity index (χ1n) is 8.72. The van der Waals surface area contributed by atoms with Crippen LogP contribution in [0.4, 0.5) is 4.79 Å². The van der Waals surface area contributed by atoms with Gasteiger partial charge in [-0.3, -0.25) is 4.79 Å². The van der Waals surface area contributed by atoms with Gasteiger partial charge in [0.05, 0.1) is 6.61 Å². The van der Waals surface area contributed by atoms with E-state index in [4.69, 9.17) is 18.9 Å². The van der Waals surface area contributed by atoms with E-state index in [0.29, 0.717) is 25.4 Å². The van der Waals surface area contributed by atoms with Crippen molar-refractivity contribution < 1.29 is 28.5 Å². The summed E-state index contributed by atoms with van der Waals surface area (Å²) < 4.78 is 20.6. The van der Waals surface area contributed by atoms with Crippen molar-refractivity contribution in [3.63, 3.8) is 0 Å². The lowest BCUT2D eigenvalue weighted by Gasteiger charge is -2.23. The number of carbonyl (C=O) groups is 2. The van der Waals surface area contributed by atoms with Gasteiger partial charge >= 0.3 is 6.09 Å². The maximum Gasteiger partial charge on any atom is 0.408 e. The molecule has 8 nitrogen and oxygen atoms in total. The van der Waals surface area contributed by atoms with Gasteiger partial charge in [0.25, 0.3) is 0 Å². The van der Waals surface area contributed by atoms with Gasteiger partial charge in [-0.05, 0) is 38.5 Å². The van der Waals surface area contributed by atoms with Crippen LogP contribution in [0.5, 0.6) is 5.75 Å². The highest BCUT2D eigenvalue weighted by molar-refractivity contribution is 5.85. The fourth-order valence-electron chi connectivity index (χ4n) is 2.13. The van der Waals surface area contributed by atoms with Crippen LogP contribution in [-0.4, -0.2) is 57.8 Å². The lowest BCUT2D eigenvalue weighted by atomic mass is 10.1. The smallest absolute Gasteiger partial charge is 0.408 e. The number of alkyl carbamates (subject to hydrolysis) is 1. The SMILES string of the molecule is COCCOc1ccc(C[C@H](NC(=O)OC(C)(C)C)C(=O)NCOC)cc1. The van der Waals surface area contributed by atoms with Gasteiger partial charge in [-0.15, -0.1) is 0 Å². The molecule has 0 aliphatic heterocycles. The molecule has 1 aromatic carbocycles. The Morgan fingerprint density at radius 3 is 2.26 bits per heavy atom. The topological polar surface area (TPSA) is 95.1 Å². The van der Waals surface area contributed by atoms with Gasteiger partial charge in [0.2, 0.25) is 5.91 Å². The molecule has 0 aromatic heterocycles. The normalized spacial score (nSPS) is 12.2. The first kappa shape index (κ1) is 22.7. The molecule has 0 aliphatic carbocycles. The van der Waals surface area contributed by atoms with E-state index in [9.17, 15) is 9.59 Å². The highest BCUT2D eigenvalue weighted by atomic mass is 16.6. The van der Waals surface area contributed by atoms with E-state index in [2.05, 4.69) is 10.6 Å². The van der Waals surface area contributed by atoms with E-state index in [1.807, 2.05) is 24.3 Å². The Bertz CT molecular complexity index is 583. The maximum atomic E-state index is 12.3. The summed E-state index contributed by atoms with van der Waals surface area (Å²) in [4.78, 5) is 24.4. The molecule has 0 heterocycles. The summed E-state index contributed by atoms with van der Waals surface area (Å²) in [6, 6.07) is 6.51. The Hall–Kier alpha value is -2.32. The number of ether oxygens (including phenoxy) is 4. The van der Waals surface area contributed by atoms with Crippen LogP contribution in [-0.2, 0) is 25.4 Å². The van der Waals surface area contributed by atoms with E-state index in [1.165, 1.54) is 7.11 Å². The highest BCUT2D eigenvalue weighted by Gasteiger charge is 2.24. The van der Waals surface area contributed by atoms with Crippen LogP contribution in [0, 0.1) is 0 Å². The predicted octanol–water partition coefficient (Wildman–Crippen LogP) is 1.87. The van der Waals surface area contributed by atoms with Crippen LogP contribution in [0.3, 0.4) is 0 Å². The number of amides is 2. The van der Waals surface area contributed by atoms with Crippen molar-refractivity contribution in [2.24, 2.45) is 0 Å². The monoisotopic (exact) mass is 382 g/mol. The lowest BCUT2D eigenvalue weighted by Crippen LogP contribution is -2.49. The molecular formula is C19H30N2O6. The molecule has 2 amide bonds. The second-order valence-electron chi connectivity index (χ2n) is 6.86. The van der Waals surface area contributed by atoms with Gasteiger partial charge < -0.3 is 29.6 Å². The van der Waals surface area contributed by atoms with Crippen LogP contribution in [0.2, 0.25) is 0 Å². The molecule has 0 unspecified atom stereocenters. The predicted molar refractivity (Wildman–Crippen MR) is 101 cm³/mol. The quantitative estimate of drug-likeness (QED) is 0.474. The first-order valence-corrected chi connectivity index (χ1v) is 8.72. The molecular weight excluding hydrogens is 352 g/mol. The average molecular weight is 382 g/mol. The molecule has 2 N–H and O–H groups in total. The van der Waals surface area contributed by atoms with E-state index in [-0.39, 0.29) is 12.6 Å². The molecule has 152 valence electrons. The number of rotatable bonds is 10. The van der Waals surface area contributed by atoms with Gasteiger partial charge in [-0.1, -0.05) is 12.1 Å². The molecule has 0 spiro atoms. The third-order valence-electron chi connectivity index (χ3n) is 3.32. The van der Waals surface area contributed by atoms with Gasteiger partial charge in [0, 0.05) is 20.6 Å². The minimum atomic E-state index is -0.796. The fourth-order valence-corrected chi connectivity index (χ4v) is 2.13. The molecule has 1 atom stereocenters. The fraction of sp³-hybridized carbons (Fsp3) is 0.579. The molecule has 0 fully saturated rings. The third-order valence-corrected chi connectivity index (χ3v) is 3.32. The Morgan fingerprint density at radius 2 is 1.70 bits per heavy atom. The number of carbonyl (C=O) groups excluding carboxylic acids is 2. The largest absolute Gasteiger partial charge is 0.491 e. The first-order chi connectivity index (χ1) is 12.7. The van der Waals surface area contributed by atoms with Gasteiger partial charge in [0.1, 0.15) is 30.7 Å². The van der Waals surface area contributed by atoms with Crippen LogP contribution >= 0.6 is 0 Å². The summed E-state index contributed by atoms with van der Waals surface area (Å²) in [6.07, 6.45) is -0.354. The standard InChI is InChI=1S/C19H30N2O6/c1-19(2,3)27-18(23)21-16(17(22)20-13-25-5)12-14-6-8-15(9-7-14)26-11-10-24-4/h6-9,16H,10-13H2,1-5H3,(H,20,22)(H,21,23)/t16-/m0/s1. The lowest BCUT2D eigenvalue weighted by molar-refractivity contribution is -0.124. The molecule has 0 aliphatic rings. The zero-order valence-corrected chi connectivity index (χ0v) is 16.7. The second kappa shape index (κ2) is 11.4. The summed E-state index contributed by atoms with van der Waals surface area (Å²) in [5, 5.41) is 5.21. The van der Waals surface area contributed by atoms with Crippen LogP contribution in [0.1, 0.15) is 26.3 Å². The summed E-state index contributed by atoms with van der Waals surface area (Å²) >= 11 is 0. The van der Waals surface area contributed by atoms with E-state index in [0.717, 1.165) is 5.56 Å². The second-order valence-corrected chi connectivity index (χ2v) is 6.86. The van der Waals surface area contributed by atoms with Crippen molar-refractivity contribution >= 4 is 12.0 Å². The molecule has 0 radical (unpaired) electrons. The Kier molecular flexibility index (Phi) is 9.60. The van der Waals surface area contributed by atoms with E-state index >= 15 is 0 Å². The Morgan fingerprint density at radius 1 is 1.04 bits per heavy atom. The summed E-state index contributed by atoms with van der Waals surface area (Å²) in [5.74, 6) is 0.347. The third kappa shape index (κ3) is 9.81. The van der Waals surface area contributed by atoms with Crippen LogP contribution < -0.4 is 15.4 Å². The maximum absolute atomic E-state index is 12.3. The molecule has 1 aromatic rings. The van der Waals surface area contributed by atoms with Gasteiger partial charge in [0.15, 0.2) is 0 Å². The van der Waals surface area contributed by atoms with E-state index < -0.39 is 17.7 Å². The molecule has 0 bridgehead atoms. The van der Waals surface area contributed by atoms with Crippen molar-refractivity contribution in [3.05, 3.63) is 29.8 Å². The minimum absolute atomic E-state index is 0.0532. The zero-order chi connectivity index (χ0) is 20.3. The number of hydrogen-bond donors (Lipinski definition) is 2. The number of methoxy groups -OCH3 is 2. The molecule has 1 rings (SSSR count). The Labute approximate surface area is 160 Å². The zero-order valence-electron chi connectivity index (χ0n) is 16.7. The van der Waals surface area contributed by atoms with Crippen LogP contribution in [0.15, 0.2) is 24.3 Å². The van der Waals surface area contributed by atoms with Gasteiger partial charge in [-0.2, -0.15) is 0 Å². The molecule has 27 heavy (non-hydrogen) atoms. The van der Waals surface area contributed by atoms with Crippen molar-refractivity contribution in [1.29, 1.82) is 0 Å². The summed E-state index contributed by atoms with van der Waals surface area (Å²) in [5.41, 5.74) is 0.210. The van der Waals surface area contributed by atoms with Crippen molar-refractivity contribution in [2.75, 3.05) is 34.2 Å². The average Bonchev–Trinajstić information content (AvgIpc) is 2.59. The molecule has 0 saturated heterocycles.